The van der Waals surface area contributed by atoms with Gasteiger partial charge in [0.1, 0.15) is 0 Å². The van der Waals surface area contributed by atoms with Gasteiger partial charge in [-0.25, -0.2) is 0 Å². The van der Waals surface area contributed by atoms with E-state index in [0.29, 0.717) is 32.2 Å². The molecule has 5 nitrogen and oxygen atoms in total. The van der Waals surface area contributed by atoms with E-state index >= 15 is 0 Å². The van der Waals surface area contributed by atoms with E-state index in [0.717, 1.165) is 5.56 Å². The monoisotopic (exact) mass is 291 g/mol. The zero-order valence-electron chi connectivity index (χ0n) is 12.2. The van der Waals surface area contributed by atoms with E-state index in [1.165, 1.54) is 0 Å². The molecule has 1 aliphatic rings. The van der Waals surface area contributed by atoms with Crippen LogP contribution in [0, 0.1) is 5.92 Å². The molecule has 0 spiro atoms. The minimum absolute atomic E-state index is 0.0333. The van der Waals surface area contributed by atoms with Crippen LogP contribution in [0.5, 0.6) is 0 Å². The highest BCUT2D eigenvalue weighted by molar-refractivity contribution is 5.76. The summed E-state index contributed by atoms with van der Waals surface area (Å²) in [5.74, 6) is -1.18. The third-order valence-corrected chi connectivity index (χ3v) is 4.11. The topological polar surface area (TPSA) is 75.6 Å². The lowest BCUT2D eigenvalue weighted by molar-refractivity contribution is -0.162. The van der Waals surface area contributed by atoms with Crippen molar-refractivity contribution in [2.75, 3.05) is 13.7 Å². The van der Waals surface area contributed by atoms with Crippen molar-refractivity contribution in [2.24, 2.45) is 5.92 Å². The van der Waals surface area contributed by atoms with E-state index in [-0.39, 0.29) is 11.8 Å². The van der Waals surface area contributed by atoms with Crippen LogP contribution in [0.2, 0.25) is 0 Å². The summed E-state index contributed by atoms with van der Waals surface area (Å²) in [4.78, 5) is 22.7. The SMILES string of the molecule is COC1(CNC(=O)CCc2ccccc2)CC(C(=O)O)C1. The smallest absolute Gasteiger partial charge is 0.306 e. The Morgan fingerprint density at radius 2 is 2.00 bits per heavy atom. The molecular weight excluding hydrogens is 270 g/mol. The summed E-state index contributed by atoms with van der Waals surface area (Å²) in [6, 6.07) is 9.84. The predicted octanol–water partition coefficient (Wildman–Crippen LogP) is 1.62. The number of benzene rings is 1. The number of nitrogens with one attached hydrogen (secondary N) is 1. The second kappa shape index (κ2) is 6.72. The van der Waals surface area contributed by atoms with Gasteiger partial charge in [-0.3, -0.25) is 9.59 Å². The van der Waals surface area contributed by atoms with Crippen molar-refractivity contribution in [1.82, 2.24) is 5.32 Å². The van der Waals surface area contributed by atoms with E-state index in [1.54, 1.807) is 7.11 Å². The molecule has 0 aliphatic heterocycles. The van der Waals surface area contributed by atoms with Crippen LogP contribution < -0.4 is 5.32 Å². The predicted molar refractivity (Wildman–Crippen MR) is 77.9 cm³/mol. The molecule has 1 amide bonds. The summed E-state index contributed by atoms with van der Waals surface area (Å²) < 4.78 is 5.39. The van der Waals surface area contributed by atoms with Crippen molar-refractivity contribution in [2.45, 2.75) is 31.3 Å². The summed E-state index contributed by atoms with van der Waals surface area (Å²) in [6.07, 6.45) is 2.03. The van der Waals surface area contributed by atoms with Gasteiger partial charge in [-0.05, 0) is 24.8 Å². The lowest BCUT2D eigenvalue weighted by Crippen LogP contribution is -2.55. The van der Waals surface area contributed by atoms with Gasteiger partial charge in [-0.2, -0.15) is 0 Å². The summed E-state index contributed by atoms with van der Waals surface area (Å²) in [6.45, 7) is 0.376. The molecule has 0 radical (unpaired) electrons. The van der Waals surface area contributed by atoms with Crippen molar-refractivity contribution < 1.29 is 19.4 Å². The summed E-state index contributed by atoms with van der Waals surface area (Å²) in [7, 11) is 1.56. The number of carbonyl (C=O) groups is 2. The van der Waals surface area contributed by atoms with E-state index in [4.69, 9.17) is 9.84 Å². The molecule has 0 saturated heterocycles. The Morgan fingerprint density at radius 3 is 2.57 bits per heavy atom. The maximum absolute atomic E-state index is 11.9. The zero-order chi connectivity index (χ0) is 15.3. The average molecular weight is 291 g/mol. The van der Waals surface area contributed by atoms with Gasteiger partial charge in [-0.15, -0.1) is 0 Å². The minimum Gasteiger partial charge on any atom is -0.481 e. The van der Waals surface area contributed by atoms with E-state index < -0.39 is 11.6 Å². The first-order valence-electron chi connectivity index (χ1n) is 7.13. The van der Waals surface area contributed by atoms with E-state index in [9.17, 15) is 9.59 Å². The Balaban J connectivity index is 1.72. The summed E-state index contributed by atoms with van der Waals surface area (Å²) in [5, 5.41) is 11.8. The second-order valence-corrected chi connectivity index (χ2v) is 5.59. The first-order chi connectivity index (χ1) is 10.0. The van der Waals surface area contributed by atoms with Crippen LogP contribution in [0.1, 0.15) is 24.8 Å². The van der Waals surface area contributed by atoms with Crippen molar-refractivity contribution in [3.63, 3.8) is 0 Å². The van der Waals surface area contributed by atoms with Crippen molar-refractivity contribution in [1.29, 1.82) is 0 Å². The quantitative estimate of drug-likeness (QED) is 0.800. The van der Waals surface area contributed by atoms with Crippen LogP contribution >= 0.6 is 0 Å². The molecule has 1 aliphatic carbocycles. The number of hydrogen-bond acceptors (Lipinski definition) is 3. The maximum atomic E-state index is 11.9. The van der Waals surface area contributed by atoms with E-state index in [1.807, 2.05) is 30.3 Å². The molecule has 0 unspecified atom stereocenters. The number of aliphatic carboxylic acids is 1. The molecule has 21 heavy (non-hydrogen) atoms. The highest BCUT2D eigenvalue weighted by Gasteiger charge is 2.48. The molecular formula is C16H21NO4. The van der Waals surface area contributed by atoms with Crippen LogP contribution in [0.25, 0.3) is 0 Å². The molecule has 1 aromatic carbocycles. The third-order valence-electron chi connectivity index (χ3n) is 4.11. The minimum atomic E-state index is -0.793. The first-order valence-corrected chi connectivity index (χ1v) is 7.13. The summed E-state index contributed by atoms with van der Waals surface area (Å²) >= 11 is 0. The van der Waals surface area contributed by atoms with Crippen LogP contribution in [0.3, 0.4) is 0 Å². The molecule has 2 N–H and O–H groups in total. The number of aryl methyl sites for hydroxylation is 1. The lowest BCUT2D eigenvalue weighted by atomic mass is 9.70. The van der Waals surface area contributed by atoms with Crippen LogP contribution in [0.15, 0.2) is 30.3 Å². The van der Waals surface area contributed by atoms with Crippen LogP contribution in [-0.4, -0.2) is 36.2 Å². The van der Waals surface area contributed by atoms with E-state index in [2.05, 4.69) is 5.32 Å². The highest BCUT2D eigenvalue weighted by atomic mass is 16.5. The van der Waals surface area contributed by atoms with Gasteiger partial charge in [-0.1, -0.05) is 30.3 Å². The van der Waals surface area contributed by atoms with Gasteiger partial charge in [0, 0.05) is 20.1 Å². The fraction of sp³-hybridized carbons (Fsp3) is 0.500. The zero-order valence-corrected chi connectivity index (χ0v) is 12.2. The molecule has 1 saturated carbocycles. The van der Waals surface area contributed by atoms with Gasteiger partial charge in [0.05, 0.1) is 11.5 Å². The third kappa shape index (κ3) is 4.04. The van der Waals surface area contributed by atoms with Gasteiger partial charge in [0.15, 0.2) is 0 Å². The standard InChI is InChI=1S/C16H21NO4/c1-21-16(9-13(10-16)15(19)20)11-17-14(18)8-7-12-5-3-2-4-6-12/h2-6,13H,7-11H2,1H3,(H,17,18)(H,19,20). The average Bonchev–Trinajstić information content (AvgIpc) is 2.45. The molecule has 1 fully saturated rings. The Bertz CT molecular complexity index is 494. The number of hydrogen-bond donors (Lipinski definition) is 2. The van der Waals surface area contributed by atoms with Crippen molar-refractivity contribution in [3.05, 3.63) is 35.9 Å². The number of rotatable bonds is 7. The van der Waals surface area contributed by atoms with Crippen molar-refractivity contribution >= 4 is 11.9 Å². The largest absolute Gasteiger partial charge is 0.481 e. The normalized spacial score (nSPS) is 24.1. The first kappa shape index (κ1) is 15.5. The molecule has 5 heteroatoms. The van der Waals surface area contributed by atoms with Crippen LogP contribution in [-0.2, 0) is 20.7 Å². The number of ether oxygens (including phenoxy) is 1. The molecule has 0 atom stereocenters. The molecule has 114 valence electrons. The van der Waals surface area contributed by atoms with Crippen molar-refractivity contribution in [3.8, 4) is 0 Å². The number of amides is 1. The Kier molecular flexibility index (Phi) is 4.96. The molecule has 1 aromatic rings. The number of methoxy groups -OCH3 is 1. The molecule has 0 bridgehead atoms. The highest BCUT2D eigenvalue weighted by Crippen LogP contribution is 2.40. The number of carbonyl (C=O) groups excluding carboxylic acids is 1. The van der Waals surface area contributed by atoms with Gasteiger partial charge >= 0.3 is 5.97 Å². The van der Waals surface area contributed by atoms with Crippen LogP contribution in [0.4, 0.5) is 0 Å². The summed E-state index contributed by atoms with van der Waals surface area (Å²) in [5.41, 5.74) is 0.620. The fourth-order valence-electron chi connectivity index (χ4n) is 2.65. The van der Waals surface area contributed by atoms with Gasteiger partial charge in [0.25, 0.3) is 0 Å². The fourth-order valence-corrected chi connectivity index (χ4v) is 2.65. The number of carboxylic acids is 1. The number of carboxylic acid groups (broad SMARTS) is 1. The maximum Gasteiger partial charge on any atom is 0.306 e. The second-order valence-electron chi connectivity index (χ2n) is 5.59. The molecule has 0 heterocycles. The van der Waals surface area contributed by atoms with Gasteiger partial charge in [0.2, 0.25) is 5.91 Å². The van der Waals surface area contributed by atoms with Gasteiger partial charge < -0.3 is 15.2 Å². The Morgan fingerprint density at radius 1 is 1.33 bits per heavy atom. The lowest BCUT2D eigenvalue weighted by Gasteiger charge is -2.44. The Hall–Kier alpha value is -1.88. The molecule has 2 rings (SSSR count). The molecule has 0 aromatic heterocycles. The Labute approximate surface area is 124 Å².